The Balaban J connectivity index is 3.06. The van der Waals surface area contributed by atoms with Crippen LogP contribution in [0.5, 0.6) is 0 Å². The van der Waals surface area contributed by atoms with Crippen LogP contribution in [0.2, 0.25) is 0 Å². The zero-order valence-corrected chi connectivity index (χ0v) is 5.65. The molecule has 1 heterocycles. The molecule has 1 rings (SSSR count). The summed E-state index contributed by atoms with van der Waals surface area (Å²) in [6, 6.07) is 0. The molecule has 1 aromatic heterocycles. The van der Waals surface area contributed by atoms with Crippen LogP contribution >= 0.6 is 30.2 Å². The molecule has 0 unspecified atom stereocenters. The normalized spacial score (nSPS) is 8.00. The number of hydrogen-bond acceptors (Lipinski definition) is 5. The van der Waals surface area contributed by atoms with Crippen LogP contribution in [-0.2, 0) is 0 Å². The van der Waals surface area contributed by atoms with Crippen molar-refractivity contribution in [2.45, 2.75) is 0 Å². The molecule has 0 N–H and O–H groups in total. The topological polar surface area (TPSA) is 25.8 Å². The molecule has 0 aliphatic carbocycles. The summed E-state index contributed by atoms with van der Waals surface area (Å²) in [7, 11) is 4.50. The van der Waals surface area contributed by atoms with Gasteiger partial charge in [-0.1, -0.05) is 14.8 Å². The van der Waals surface area contributed by atoms with Crippen molar-refractivity contribution in [2.75, 3.05) is 0 Å². The van der Waals surface area contributed by atoms with E-state index in [2.05, 4.69) is 15.8 Å². The Hall–Kier alpha value is 0. The van der Waals surface area contributed by atoms with Gasteiger partial charge in [0.2, 0.25) is 0 Å². The summed E-state index contributed by atoms with van der Waals surface area (Å²) in [6.07, 6.45) is 2.60. The van der Waals surface area contributed by atoms with E-state index in [-0.39, 0.29) is 0 Å². The quantitative estimate of drug-likeness (QED) is 0.523. The van der Waals surface area contributed by atoms with Crippen molar-refractivity contribution in [2.24, 2.45) is 0 Å². The molecule has 0 saturated heterocycles. The average molecular weight is 149 g/mol. The van der Waals surface area contributed by atoms with Crippen LogP contribution in [-0.4, -0.2) is 9.59 Å². The molecule has 2 nitrogen and oxygen atoms in total. The van der Waals surface area contributed by atoms with E-state index in [9.17, 15) is 0 Å². The van der Waals surface area contributed by atoms with Gasteiger partial charge in [-0.15, -0.1) is 5.10 Å². The highest BCUT2D eigenvalue weighted by molar-refractivity contribution is 7.92. The van der Waals surface area contributed by atoms with Gasteiger partial charge in [-0.3, -0.25) is 0 Å². The molecule has 0 atom stereocenters. The molecule has 0 saturated carbocycles. The molecule has 1 aromatic rings. The fraction of sp³-hybridized carbons (Fsp3) is 0. The maximum Gasteiger partial charge on any atom is 0.126 e. The lowest BCUT2D eigenvalue weighted by molar-refractivity contribution is 1.13. The maximum absolute atomic E-state index is 3.61. The minimum atomic E-state index is 1.36. The fourth-order valence-electron chi connectivity index (χ4n) is 0.136. The zero-order chi connectivity index (χ0) is 4.95. The molecule has 0 aliphatic heterocycles. The van der Waals surface area contributed by atoms with Gasteiger partial charge in [-0.2, -0.15) is 0 Å². The Labute approximate surface area is 51.7 Å². The van der Waals surface area contributed by atoms with Gasteiger partial charge >= 0.3 is 0 Å². The molecule has 37 valence electrons. The van der Waals surface area contributed by atoms with Crippen LogP contribution in [0.1, 0.15) is 0 Å². The van der Waals surface area contributed by atoms with Crippen LogP contribution in [0.4, 0.5) is 0 Å². The van der Waals surface area contributed by atoms with Crippen LogP contribution < -0.4 is 0 Å². The summed E-state index contributed by atoms with van der Waals surface area (Å²) >= 11 is 0. The van der Waals surface area contributed by atoms with Crippen molar-refractivity contribution in [1.29, 1.82) is 0 Å². The highest BCUT2D eigenvalue weighted by Crippen LogP contribution is 2.02. The molecule has 0 aromatic carbocycles. The smallest absolute Gasteiger partial charge is 0.126 e. The minimum Gasteiger partial charge on any atom is -0.135 e. The van der Waals surface area contributed by atoms with Crippen LogP contribution in [0.25, 0.3) is 0 Å². The molecule has 0 amide bonds. The summed E-state index contributed by atoms with van der Waals surface area (Å²) < 4.78 is 3.61. The predicted molar refractivity (Wildman–Crippen MR) is 32.1 cm³/mol. The number of rotatable bonds is 0. The SMILES string of the molecule is [c]1csssnn1. The molecule has 0 aliphatic rings. The van der Waals surface area contributed by atoms with E-state index < -0.39 is 0 Å². The lowest BCUT2D eigenvalue weighted by atomic mass is 11.0. The molecular weight excluding hydrogens is 148 g/mol. The summed E-state index contributed by atoms with van der Waals surface area (Å²) in [5.41, 5.74) is 0. The van der Waals surface area contributed by atoms with Gasteiger partial charge in [0.15, 0.2) is 0 Å². The van der Waals surface area contributed by atoms with E-state index in [4.69, 9.17) is 0 Å². The zero-order valence-electron chi connectivity index (χ0n) is 3.20. The van der Waals surface area contributed by atoms with Gasteiger partial charge in [0.25, 0.3) is 0 Å². The molecule has 0 spiro atoms. The van der Waals surface area contributed by atoms with Gasteiger partial charge in [0.05, 0.1) is 10.5 Å². The van der Waals surface area contributed by atoms with Gasteiger partial charge in [0.1, 0.15) is 6.20 Å². The molecule has 0 fully saturated rings. The summed E-state index contributed by atoms with van der Waals surface area (Å²) in [4.78, 5) is 0. The van der Waals surface area contributed by atoms with Crippen molar-refractivity contribution in [3.63, 3.8) is 0 Å². The predicted octanol–water partition coefficient (Wildman–Crippen LogP) is 1.59. The van der Waals surface area contributed by atoms with E-state index >= 15 is 0 Å². The van der Waals surface area contributed by atoms with E-state index in [0.717, 1.165) is 0 Å². The molecular formula is C2HN2S3. The van der Waals surface area contributed by atoms with Gasteiger partial charge in [-0.25, -0.2) is 0 Å². The molecule has 5 heteroatoms. The Morgan fingerprint density at radius 1 is 1.57 bits per heavy atom. The maximum atomic E-state index is 3.61. The first-order valence-corrected chi connectivity index (χ1v) is 4.97. The van der Waals surface area contributed by atoms with E-state index in [1.54, 1.807) is 25.1 Å². The Morgan fingerprint density at radius 2 is 2.57 bits per heavy atom. The van der Waals surface area contributed by atoms with Crippen molar-refractivity contribution in [3.8, 4) is 0 Å². The van der Waals surface area contributed by atoms with Crippen LogP contribution in [0, 0.1) is 6.20 Å². The second-order valence-electron chi connectivity index (χ2n) is 0.667. The number of nitrogens with zero attached hydrogens (tertiary/aromatic N) is 2. The van der Waals surface area contributed by atoms with Crippen molar-refractivity contribution >= 4 is 30.2 Å². The summed E-state index contributed by atoms with van der Waals surface area (Å²) in [5, 5.41) is 5.28. The average Bonchev–Trinajstić information content (AvgIpc) is 1.90. The monoisotopic (exact) mass is 149 g/mol. The lowest BCUT2D eigenvalue weighted by Gasteiger charge is -1.50. The first kappa shape index (κ1) is 5.14. The largest absolute Gasteiger partial charge is 0.135 e. The van der Waals surface area contributed by atoms with E-state index in [0.29, 0.717) is 0 Å². The van der Waals surface area contributed by atoms with Crippen LogP contribution in [0.3, 0.4) is 0 Å². The Morgan fingerprint density at radius 3 is 3.57 bits per heavy atom. The highest BCUT2D eigenvalue weighted by Gasteiger charge is 1.63. The summed E-state index contributed by atoms with van der Waals surface area (Å²) in [6.45, 7) is 0. The van der Waals surface area contributed by atoms with Crippen molar-refractivity contribution in [1.82, 2.24) is 9.59 Å². The van der Waals surface area contributed by atoms with E-state index in [1.807, 2.05) is 0 Å². The second kappa shape index (κ2) is 3.06. The minimum absolute atomic E-state index is 1.36. The Kier molecular flexibility index (Phi) is 2.25. The molecule has 1 radical (unpaired) electrons. The van der Waals surface area contributed by atoms with Crippen molar-refractivity contribution in [3.05, 3.63) is 11.6 Å². The van der Waals surface area contributed by atoms with Crippen LogP contribution in [0.15, 0.2) is 5.38 Å². The first-order chi connectivity index (χ1) is 3.50. The third-order valence-electron chi connectivity index (χ3n) is 0.302. The van der Waals surface area contributed by atoms with Gasteiger partial charge in [0, 0.05) is 5.38 Å². The number of hydrogen-bond donors (Lipinski definition) is 0. The molecule has 0 bridgehead atoms. The van der Waals surface area contributed by atoms with Gasteiger partial charge in [-0.05, 0) is 9.34 Å². The van der Waals surface area contributed by atoms with Gasteiger partial charge < -0.3 is 0 Å². The Bertz CT molecular complexity index is 98.9. The standard InChI is InChI=1S/C2HN2S3/c1-2-5-7-6-4-3-1/h2H. The summed E-state index contributed by atoms with van der Waals surface area (Å²) in [5.74, 6) is 0. The highest BCUT2D eigenvalue weighted by atomic mass is 33.2. The third kappa shape index (κ3) is 1.96. The lowest BCUT2D eigenvalue weighted by Crippen LogP contribution is -1.58. The number of aromatic nitrogens is 2. The van der Waals surface area contributed by atoms with Crippen molar-refractivity contribution < 1.29 is 0 Å². The molecule has 7 heavy (non-hydrogen) atoms. The van der Waals surface area contributed by atoms with E-state index in [1.165, 1.54) is 10.5 Å². The fourth-order valence-corrected chi connectivity index (χ4v) is 1.86. The third-order valence-corrected chi connectivity index (χ3v) is 2.95. The second-order valence-corrected chi connectivity index (χ2v) is 4.20. The first-order valence-electron chi connectivity index (χ1n) is 1.46.